The summed E-state index contributed by atoms with van der Waals surface area (Å²) in [6.07, 6.45) is 3.19. The van der Waals surface area contributed by atoms with E-state index in [-0.39, 0.29) is 0 Å². The lowest BCUT2D eigenvalue weighted by Gasteiger charge is -2.30. The lowest BCUT2D eigenvalue weighted by molar-refractivity contribution is 0.332. The van der Waals surface area contributed by atoms with E-state index in [1.54, 1.807) is 0 Å². The number of hydrogen-bond donors (Lipinski definition) is 1. The van der Waals surface area contributed by atoms with Gasteiger partial charge in [0.05, 0.1) is 26.3 Å². The summed E-state index contributed by atoms with van der Waals surface area (Å²) in [7, 11) is 2.28. The van der Waals surface area contributed by atoms with E-state index in [2.05, 4.69) is 31.9 Å². The van der Waals surface area contributed by atoms with Crippen molar-refractivity contribution in [2.75, 3.05) is 25.9 Å². The molecule has 1 aromatic rings. The topological polar surface area (TPSA) is 38.9 Å². The minimum absolute atomic E-state index is 0.441. The summed E-state index contributed by atoms with van der Waals surface area (Å²) in [5.74, 6) is 0.601. The average Bonchev–Trinajstić information content (AvgIpc) is 2.43. The molecule has 1 fully saturated rings. The number of nitrogens with zero attached hydrogens (tertiary/aromatic N) is 2. The average molecular weight is 206 g/mol. The van der Waals surface area contributed by atoms with Gasteiger partial charge in [0.1, 0.15) is 5.82 Å². The van der Waals surface area contributed by atoms with E-state index in [0.29, 0.717) is 11.2 Å². The van der Waals surface area contributed by atoms with Crippen LogP contribution in [0.2, 0.25) is 0 Å². The highest BCUT2D eigenvalue weighted by Gasteiger charge is 2.41. The SMILES string of the molecule is CC1(C)CC[N+](C)(c2ccc(N)nc2)C1. The first-order valence-electron chi connectivity index (χ1n) is 5.48. The van der Waals surface area contributed by atoms with Crippen LogP contribution in [0.1, 0.15) is 20.3 Å². The molecule has 1 unspecified atom stereocenters. The van der Waals surface area contributed by atoms with Gasteiger partial charge in [-0.2, -0.15) is 0 Å². The van der Waals surface area contributed by atoms with E-state index in [9.17, 15) is 0 Å². The van der Waals surface area contributed by atoms with Gasteiger partial charge in [0.15, 0.2) is 5.69 Å². The van der Waals surface area contributed by atoms with Crippen molar-refractivity contribution in [2.45, 2.75) is 20.3 Å². The Kier molecular flexibility index (Phi) is 2.23. The van der Waals surface area contributed by atoms with Gasteiger partial charge in [0, 0.05) is 17.9 Å². The van der Waals surface area contributed by atoms with Gasteiger partial charge in [-0.25, -0.2) is 4.98 Å². The highest BCUT2D eigenvalue weighted by atomic mass is 15.4. The number of nitrogens with two attached hydrogens (primary N) is 1. The summed E-state index contributed by atoms with van der Waals surface area (Å²) < 4.78 is 0.986. The number of hydrogen-bond acceptors (Lipinski definition) is 2. The fourth-order valence-corrected chi connectivity index (χ4v) is 2.59. The van der Waals surface area contributed by atoms with Crippen LogP contribution >= 0.6 is 0 Å². The second kappa shape index (κ2) is 3.20. The zero-order valence-electron chi connectivity index (χ0n) is 9.83. The second-order valence-electron chi connectivity index (χ2n) is 5.63. The molecule has 1 saturated heterocycles. The molecule has 3 heteroatoms. The summed E-state index contributed by atoms with van der Waals surface area (Å²) in [6.45, 7) is 7.04. The van der Waals surface area contributed by atoms with E-state index in [1.165, 1.54) is 25.2 Å². The zero-order chi connectivity index (χ0) is 11.1. The third-order valence-corrected chi connectivity index (χ3v) is 3.45. The number of rotatable bonds is 1. The first-order chi connectivity index (χ1) is 6.91. The quantitative estimate of drug-likeness (QED) is 0.714. The van der Waals surface area contributed by atoms with Crippen molar-refractivity contribution in [2.24, 2.45) is 5.41 Å². The van der Waals surface area contributed by atoms with E-state index < -0.39 is 0 Å². The van der Waals surface area contributed by atoms with Crippen molar-refractivity contribution in [3.63, 3.8) is 0 Å². The Labute approximate surface area is 91.5 Å². The molecule has 1 aromatic heterocycles. The van der Waals surface area contributed by atoms with Gasteiger partial charge in [-0.15, -0.1) is 0 Å². The number of aromatic nitrogens is 1. The predicted molar refractivity (Wildman–Crippen MR) is 64.5 cm³/mol. The molecule has 0 spiro atoms. The summed E-state index contributed by atoms with van der Waals surface area (Å²) in [5.41, 5.74) is 7.32. The van der Waals surface area contributed by atoms with Crippen LogP contribution in [-0.2, 0) is 0 Å². The highest BCUT2D eigenvalue weighted by Crippen LogP contribution is 2.37. The van der Waals surface area contributed by atoms with E-state index >= 15 is 0 Å². The van der Waals surface area contributed by atoms with Crippen LogP contribution in [-0.4, -0.2) is 25.1 Å². The van der Waals surface area contributed by atoms with Gasteiger partial charge in [0.25, 0.3) is 0 Å². The van der Waals surface area contributed by atoms with Crippen LogP contribution < -0.4 is 10.2 Å². The lowest BCUT2D eigenvalue weighted by Crippen LogP contribution is -2.43. The molecule has 1 aliphatic rings. The van der Waals surface area contributed by atoms with Crippen molar-refractivity contribution in [3.05, 3.63) is 18.3 Å². The Morgan fingerprint density at radius 3 is 2.60 bits per heavy atom. The van der Waals surface area contributed by atoms with Crippen molar-refractivity contribution >= 4 is 11.5 Å². The fourth-order valence-electron chi connectivity index (χ4n) is 2.59. The fraction of sp³-hybridized carbons (Fsp3) is 0.583. The molecular weight excluding hydrogens is 186 g/mol. The third-order valence-electron chi connectivity index (χ3n) is 3.45. The third kappa shape index (κ3) is 1.97. The van der Waals surface area contributed by atoms with Gasteiger partial charge in [-0.05, 0) is 6.07 Å². The van der Waals surface area contributed by atoms with E-state index in [0.717, 1.165) is 4.48 Å². The van der Waals surface area contributed by atoms with Crippen LogP contribution in [0, 0.1) is 5.41 Å². The monoisotopic (exact) mass is 206 g/mol. The summed E-state index contributed by atoms with van der Waals surface area (Å²) in [4.78, 5) is 4.18. The molecule has 2 rings (SSSR count). The molecule has 0 bridgehead atoms. The number of likely N-dealkylation sites (tertiary alicyclic amines) is 1. The molecule has 2 heterocycles. The van der Waals surface area contributed by atoms with E-state index in [4.69, 9.17) is 5.73 Å². The normalized spacial score (nSPS) is 29.3. The molecule has 0 aliphatic carbocycles. The highest BCUT2D eigenvalue weighted by molar-refractivity contribution is 5.45. The van der Waals surface area contributed by atoms with Gasteiger partial charge >= 0.3 is 0 Å². The molecule has 0 radical (unpaired) electrons. The molecule has 0 aromatic carbocycles. The Bertz CT molecular complexity index is 356. The summed E-state index contributed by atoms with van der Waals surface area (Å²) in [5, 5.41) is 0. The maximum absolute atomic E-state index is 5.60. The van der Waals surface area contributed by atoms with Crippen LogP contribution in [0.25, 0.3) is 0 Å². The Balaban J connectivity index is 2.27. The number of anilines is 1. The molecule has 82 valence electrons. The minimum Gasteiger partial charge on any atom is -0.384 e. The molecular formula is C12H20N3+. The Morgan fingerprint density at radius 1 is 1.40 bits per heavy atom. The van der Waals surface area contributed by atoms with Crippen molar-refractivity contribution in [1.82, 2.24) is 9.47 Å². The molecule has 1 atom stereocenters. The van der Waals surface area contributed by atoms with Crippen molar-refractivity contribution in [3.8, 4) is 0 Å². The second-order valence-corrected chi connectivity index (χ2v) is 5.63. The van der Waals surface area contributed by atoms with Gasteiger partial charge in [-0.3, -0.25) is 4.48 Å². The minimum atomic E-state index is 0.441. The number of quaternary nitrogens is 1. The molecule has 2 N–H and O–H groups in total. The van der Waals surface area contributed by atoms with Crippen molar-refractivity contribution in [1.29, 1.82) is 0 Å². The first-order valence-corrected chi connectivity index (χ1v) is 5.48. The van der Waals surface area contributed by atoms with Gasteiger partial charge < -0.3 is 5.73 Å². The number of pyridine rings is 1. The largest absolute Gasteiger partial charge is 0.384 e. The summed E-state index contributed by atoms with van der Waals surface area (Å²) in [6, 6.07) is 3.99. The standard InChI is InChI=1S/C12H20N3/c1-12(2)6-7-15(3,9-12)10-4-5-11(13)14-8-10/h4-5,8H,6-7,9H2,1-3H3,(H2,13,14)/q+1. The smallest absolute Gasteiger partial charge is 0.151 e. The molecule has 0 amide bonds. The van der Waals surface area contributed by atoms with Crippen LogP contribution in [0.5, 0.6) is 0 Å². The molecule has 15 heavy (non-hydrogen) atoms. The first kappa shape index (κ1) is 10.4. The molecule has 3 nitrogen and oxygen atoms in total. The van der Waals surface area contributed by atoms with Crippen LogP contribution in [0.15, 0.2) is 18.3 Å². The summed E-state index contributed by atoms with van der Waals surface area (Å²) >= 11 is 0. The molecule has 0 saturated carbocycles. The maximum atomic E-state index is 5.60. The Hall–Kier alpha value is -1.09. The lowest BCUT2D eigenvalue weighted by atomic mass is 9.93. The van der Waals surface area contributed by atoms with Gasteiger partial charge in [0.2, 0.25) is 0 Å². The predicted octanol–water partition coefficient (Wildman–Crippen LogP) is 2.03. The van der Waals surface area contributed by atoms with Gasteiger partial charge in [-0.1, -0.05) is 13.8 Å². The number of nitrogen functional groups attached to an aromatic ring is 1. The van der Waals surface area contributed by atoms with E-state index in [1.807, 2.05) is 12.3 Å². The van der Waals surface area contributed by atoms with Crippen LogP contribution in [0.3, 0.4) is 0 Å². The molecule has 1 aliphatic heterocycles. The maximum Gasteiger partial charge on any atom is 0.151 e. The Morgan fingerprint density at radius 2 is 2.13 bits per heavy atom. The zero-order valence-corrected chi connectivity index (χ0v) is 9.83. The van der Waals surface area contributed by atoms with Crippen molar-refractivity contribution < 1.29 is 0 Å². The van der Waals surface area contributed by atoms with Crippen LogP contribution in [0.4, 0.5) is 11.5 Å².